The fourth-order valence-electron chi connectivity index (χ4n) is 2.75. The molecule has 0 spiro atoms. The average molecular weight is 460 g/mol. The number of benzene rings is 2. The predicted molar refractivity (Wildman–Crippen MR) is 119 cm³/mol. The molecule has 0 aliphatic heterocycles. The number of rotatable bonds is 10. The zero-order valence-corrected chi connectivity index (χ0v) is 18.2. The molecule has 2 N–H and O–H groups in total. The second-order valence-corrected chi connectivity index (χ2v) is 8.74. The highest BCUT2D eigenvalue weighted by atomic mass is 35.5. The van der Waals surface area contributed by atoms with Crippen LogP contribution in [-0.2, 0) is 16.4 Å². The van der Waals surface area contributed by atoms with Gasteiger partial charge in [0.1, 0.15) is 12.4 Å². The number of sulfonamides is 1. The van der Waals surface area contributed by atoms with E-state index in [1.165, 1.54) is 18.2 Å². The monoisotopic (exact) mass is 459 g/mol. The average Bonchev–Trinajstić information content (AvgIpc) is 2.78. The summed E-state index contributed by atoms with van der Waals surface area (Å²) >= 11 is 6.13. The van der Waals surface area contributed by atoms with Gasteiger partial charge in [-0.3, -0.25) is 9.78 Å². The Balaban J connectivity index is 1.57. The summed E-state index contributed by atoms with van der Waals surface area (Å²) in [6.45, 7) is 0.609. The lowest BCUT2D eigenvalue weighted by Gasteiger charge is -2.11. The maximum Gasteiger partial charge on any atom is 0.252 e. The standard InChI is InChI=1S/C22H22ClN3O4S/c23-21-9-8-19(31(28,29)26-13-14-30-18-6-2-1-3-7-18)15-20(21)22(27)25-12-10-17-5-4-11-24-16-17/h1-9,11,15-16,26H,10,12-14H2,(H,25,27). The highest BCUT2D eigenvalue weighted by molar-refractivity contribution is 7.89. The summed E-state index contributed by atoms with van der Waals surface area (Å²) in [7, 11) is -3.83. The third-order valence-electron chi connectivity index (χ3n) is 4.32. The maximum atomic E-state index is 12.6. The van der Waals surface area contributed by atoms with Gasteiger partial charge >= 0.3 is 0 Å². The second-order valence-electron chi connectivity index (χ2n) is 6.57. The van der Waals surface area contributed by atoms with Gasteiger partial charge in [-0.25, -0.2) is 13.1 Å². The van der Waals surface area contributed by atoms with E-state index in [9.17, 15) is 13.2 Å². The quantitative estimate of drug-likeness (QED) is 0.454. The number of nitrogens with zero attached hydrogens (tertiary/aromatic N) is 1. The molecule has 0 bridgehead atoms. The van der Waals surface area contributed by atoms with Gasteiger partial charge in [0.25, 0.3) is 5.91 Å². The summed E-state index contributed by atoms with van der Waals surface area (Å²) < 4.78 is 33.1. The minimum Gasteiger partial charge on any atom is -0.492 e. The SMILES string of the molecule is O=C(NCCc1cccnc1)c1cc(S(=O)(=O)NCCOc2ccccc2)ccc1Cl. The number of carbonyl (C=O) groups excluding carboxylic acids is 1. The topological polar surface area (TPSA) is 97.4 Å². The predicted octanol–water partition coefficient (Wildman–Crippen LogP) is 3.06. The van der Waals surface area contributed by atoms with Crippen LogP contribution >= 0.6 is 11.6 Å². The third-order valence-corrected chi connectivity index (χ3v) is 6.11. The summed E-state index contributed by atoms with van der Waals surface area (Å²) in [6, 6.07) is 16.8. The normalized spacial score (nSPS) is 11.1. The largest absolute Gasteiger partial charge is 0.492 e. The van der Waals surface area contributed by atoms with E-state index < -0.39 is 15.9 Å². The summed E-state index contributed by atoms with van der Waals surface area (Å²) in [4.78, 5) is 16.5. The Hall–Kier alpha value is -2.94. The molecule has 7 nitrogen and oxygen atoms in total. The van der Waals surface area contributed by atoms with Crippen molar-refractivity contribution in [3.05, 3.63) is 89.2 Å². The minimum atomic E-state index is -3.83. The van der Waals surface area contributed by atoms with E-state index in [2.05, 4.69) is 15.0 Å². The van der Waals surface area contributed by atoms with Crippen LogP contribution in [0.3, 0.4) is 0 Å². The molecule has 31 heavy (non-hydrogen) atoms. The molecule has 0 saturated carbocycles. The van der Waals surface area contributed by atoms with Crippen LogP contribution in [0.2, 0.25) is 5.02 Å². The Labute approximate surface area is 186 Å². The van der Waals surface area contributed by atoms with Gasteiger partial charge in [0.05, 0.1) is 15.5 Å². The van der Waals surface area contributed by atoms with Gasteiger partial charge in [-0.2, -0.15) is 0 Å². The van der Waals surface area contributed by atoms with Crippen molar-refractivity contribution in [3.63, 3.8) is 0 Å². The van der Waals surface area contributed by atoms with E-state index in [-0.39, 0.29) is 28.6 Å². The van der Waals surface area contributed by atoms with Gasteiger partial charge in [-0.1, -0.05) is 35.9 Å². The number of amides is 1. The molecule has 1 heterocycles. The van der Waals surface area contributed by atoms with Crippen molar-refractivity contribution in [2.75, 3.05) is 19.7 Å². The summed E-state index contributed by atoms with van der Waals surface area (Å²) in [5, 5.41) is 2.92. The van der Waals surface area contributed by atoms with Gasteiger partial charge in [-0.15, -0.1) is 0 Å². The zero-order valence-electron chi connectivity index (χ0n) is 16.6. The van der Waals surface area contributed by atoms with E-state index in [1.807, 2.05) is 30.3 Å². The summed E-state index contributed by atoms with van der Waals surface area (Å²) in [6.07, 6.45) is 3.99. The van der Waals surface area contributed by atoms with Crippen molar-refractivity contribution < 1.29 is 17.9 Å². The second kappa shape index (κ2) is 10.9. The molecule has 9 heteroatoms. The molecule has 0 atom stereocenters. The molecular formula is C22H22ClN3O4S. The summed E-state index contributed by atoms with van der Waals surface area (Å²) in [5.74, 6) is 0.205. The Kier molecular flexibility index (Phi) is 8.00. The Morgan fingerprint density at radius 3 is 2.58 bits per heavy atom. The number of hydrogen-bond donors (Lipinski definition) is 2. The molecule has 0 aliphatic rings. The highest BCUT2D eigenvalue weighted by Crippen LogP contribution is 2.20. The number of aromatic nitrogens is 1. The number of para-hydroxylation sites is 1. The van der Waals surface area contributed by atoms with Crippen LogP contribution in [0.5, 0.6) is 5.75 Å². The van der Waals surface area contributed by atoms with E-state index in [0.29, 0.717) is 18.7 Å². The molecular weight excluding hydrogens is 438 g/mol. The van der Waals surface area contributed by atoms with Crippen molar-refractivity contribution in [3.8, 4) is 5.75 Å². The van der Waals surface area contributed by atoms with Crippen molar-refractivity contribution in [1.29, 1.82) is 0 Å². The van der Waals surface area contributed by atoms with Gasteiger partial charge < -0.3 is 10.1 Å². The summed E-state index contributed by atoms with van der Waals surface area (Å²) in [5.41, 5.74) is 1.07. The fourth-order valence-corrected chi connectivity index (χ4v) is 3.99. The van der Waals surface area contributed by atoms with E-state index >= 15 is 0 Å². The first kappa shape index (κ1) is 22.7. The van der Waals surface area contributed by atoms with Crippen LogP contribution in [0.15, 0.2) is 78.0 Å². The van der Waals surface area contributed by atoms with Gasteiger partial charge in [0.2, 0.25) is 10.0 Å². The van der Waals surface area contributed by atoms with Crippen LogP contribution in [-0.4, -0.2) is 39.0 Å². The molecule has 0 fully saturated rings. The molecule has 162 valence electrons. The molecule has 3 aromatic rings. The molecule has 3 rings (SSSR count). The number of nitrogens with one attached hydrogen (secondary N) is 2. The third kappa shape index (κ3) is 6.78. The zero-order chi connectivity index (χ0) is 22.1. The minimum absolute atomic E-state index is 0.0472. The lowest BCUT2D eigenvalue weighted by Crippen LogP contribution is -2.29. The maximum absolute atomic E-state index is 12.6. The molecule has 1 aromatic heterocycles. The number of carbonyl (C=O) groups is 1. The number of hydrogen-bond acceptors (Lipinski definition) is 5. The van der Waals surface area contributed by atoms with Gasteiger partial charge in [0, 0.05) is 25.5 Å². The van der Waals surface area contributed by atoms with Crippen molar-refractivity contribution >= 4 is 27.5 Å². The van der Waals surface area contributed by atoms with Gasteiger partial charge in [-0.05, 0) is 48.4 Å². The van der Waals surface area contributed by atoms with Crippen LogP contribution in [0, 0.1) is 0 Å². The van der Waals surface area contributed by atoms with Crippen LogP contribution in [0.4, 0.5) is 0 Å². The first-order chi connectivity index (χ1) is 15.0. The number of halogens is 1. The molecule has 0 saturated heterocycles. The molecule has 1 amide bonds. The van der Waals surface area contributed by atoms with Gasteiger partial charge in [0.15, 0.2) is 0 Å². The Bertz CT molecular complexity index is 1110. The smallest absolute Gasteiger partial charge is 0.252 e. The van der Waals surface area contributed by atoms with Crippen LogP contribution in [0.1, 0.15) is 15.9 Å². The van der Waals surface area contributed by atoms with Crippen molar-refractivity contribution in [1.82, 2.24) is 15.0 Å². The highest BCUT2D eigenvalue weighted by Gasteiger charge is 2.18. The van der Waals surface area contributed by atoms with Crippen molar-refractivity contribution in [2.45, 2.75) is 11.3 Å². The lowest BCUT2D eigenvalue weighted by molar-refractivity contribution is 0.0954. The van der Waals surface area contributed by atoms with Crippen LogP contribution in [0.25, 0.3) is 0 Å². The molecule has 0 radical (unpaired) electrons. The molecule has 0 aliphatic carbocycles. The Morgan fingerprint density at radius 1 is 1.03 bits per heavy atom. The first-order valence-corrected chi connectivity index (χ1v) is 11.5. The lowest BCUT2D eigenvalue weighted by atomic mass is 10.2. The Morgan fingerprint density at radius 2 is 1.84 bits per heavy atom. The van der Waals surface area contributed by atoms with Crippen molar-refractivity contribution in [2.24, 2.45) is 0 Å². The van der Waals surface area contributed by atoms with E-state index in [0.717, 1.165) is 5.56 Å². The molecule has 0 unspecified atom stereocenters. The number of pyridine rings is 1. The fraction of sp³-hybridized carbons (Fsp3) is 0.182. The van der Waals surface area contributed by atoms with Crippen LogP contribution < -0.4 is 14.8 Å². The van der Waals surface area contributed by atoms with E-state index in [4.69, 9.17) is 16.3 Å². The number of ether oxygens (including phenoxy) is 1. The first-order valence-electron chi connectivity index (χ1n) is 9.60. The molecule has 2 aromatic carbocycles. The van der Waals surface area contributed by atoms with E-state index in [1.54, 1.807) is 24.5 Å².